The zero-order valence-electron chi connectivity index (χ0n) is 11.8. The Hall–Kier alpha value is -1.30. The van der Waals surface area contributed by atoms with Gasteiger partial charge in [-0.2, -0.15) is 0 Å². The number of urea groups is 1. The van der Waals surface area contributed by atoms with Crippen LogP contribution < -0.4 is 5.32 Å². The number of aliphatic carboxylic acids is 1. The van der Waals surface area contributed by atoms with E-state index >= 15 is 0 Å². The summed E-state index contributed by atoms with van der Waals surface area (Å²) in [6.45, 7) is 6.94. The van der Waals surface area contributed by atoms with Crippen molar-refractivity contribution in [1.82, 2.24) is 10.2 Å². The van der Waals surface area contributed by atoms with Crippen molar-refractivity contribution < 1.29 is 19.8 Å². The number of carbonyl (C=O) groups excluding carboxylic acids is 1. The first-order valence-corrected chi connectivity index (χ1v) is 6.62. The molecule has 2 atom stereocenters. The van der Waals surface area contributed by atoms with E-state index < -0.39 is 12.0 Å². The summed E-state index contributed by atoms with van der Waals surface area (Å²) >= 11 is 0. The van der Waals surface area contributed by atoms with Gasteiger partial charge in [0.05, 0.1) is 6.42 Å². The topological polar surface area (TPSA) is 89.9 Å². The maximum atomic E-state index is 12.1. The number of carbonyl (C=O) groups is 2. The minimum Gasteiger partial charge on any atom is -0.481 e. The van der Waals surface area contributed by atoms with Crippen molar-refractivity contribution >= 4 is 12.0 Å². The Morgan fingerprint density at radius 2 is 2.05 bits per heavy atom. The summed E-state index contributed by atoms with van der Waals surface area (Å²) in [5, 5.41) is 20.8. The van der Waals surface area contributed by atoms with Gasteiger partial charge in [-0.1, -0.05) is 20.8 Å². The first-order chi connectivity index (χ1) is 8.74. The second-order valence-corrected chi connectivity index (χ2v) is 6.25. The van der Waals surface area contributed by atoms with Crippen LogP contribution in [0.4, 0.5) is 4.79 Å². The van der Waals surface area contributed by atoms with Crippen molar-refractivity contribution in [2.24, 2.45) is 11.3 Å². The highest BCUT2D eigenvalue weighted by molar-refractivity contribution is 5.76. The SMILES string of the molecule is CC(C)(C)C(CC(=O)O)NC(=O)N1CCC(CO)C1. The molecule has 1 heterocycles. The first-order valence-electron chi connectivity index (χ1n) is 6.62. The third-order valence-electron chi connectivity index (χ3n) is 3.55. The number of likely N-dealkylation sites (tertiary alicyclic amines) is 1. The average molecular weight is 272 g/mol. The highest BCUT2D eigenvalue weighted by atomic mass is 16.4. The van der Waals surface area contributed by atoms with E-state index in [-0.39, 0.29) is 30.4 Å². The van der Waals surface area contributed by atoms with E-state index in [1.807, 2.05) is 20.8 Å². The second-order valence-electron chi connectivity index (χ2n) is 6.25. The molecule has 2 unspecified atom stereocenters. The molecule has 1 rings (SSSR count). The number of hydrogen-bond acceptors (Lipinski definition) is 3. The number of nitrogens with zero attached hydrogens (tertiary/aromatic N) is 1. The Kier molecular flexibility index (Phi) is 5.17. The molecule has 110 valence electrons. The summed E-state index contributed by atoms with van der Waals surface area (Å²) in [4.78, 5) is 24.6. The van der Waals surface area contributed by atoms with Gasteiger partial charge in [0.15, 0.2) is 0 Å². The molecule has 3 N–H and O–H groups in total. The maximum absolute atomic E-state index is 12.1. The van der Waals surface area contributed by atoms with Gasteiger partial charge in [0.1, 0.15) is 0 Å². The fourth-order valence-corrected chi connectivity index (χ4v) is 2.15. The lowest BCUT2D eigenvalue weighted by Gasteiger charge is -2.32. The van der Waals surface area contributed by atoms with E-state index in [2.05, 4.69) is 5.32 Å². The Bertz CT molecular complexity index is 338. The second kappa shape index (κ2) is 6.23. The predicted molar refractivity (Wildman–Crippen MR) is 70.8 cm³/mol. The third kappa shape index (κ3) is 4.70. The number of aliphatic hydroxyl groups excluding tert-OH is 1. The molecular weight excluding hydrogens is 248 g/mol. The molecule has 1 fully saturated rings. The van der Waals surface area contributed by atoms with Crippen LogP contribution in [-0.2, 0) is 4.79 Å². The summed E-state index contributed by atoms with van der Waals surface area (Å²) in [7, 11) is 0. The lowest BCUT2D eigenvalue weighted by Crippen LogP contribution is -2.50. The molecule has 6 nitrogen and oxygen atoms in total. The molecule has 0 saturated carbocycles. The van der Waals surface area contributed by atoms with Crippen molar-refractivity contribution in [3.05, 3.63) is 0 Å². The van der Waals surface area contributed by atoms with E-state index in [9.17, 15) is 9.59 Å². The summed E-state index contributed by atoms with van der Waals surface area (Å²) in [5.41, 5.74) is -0.315. The molecule has 0 aromatic heterocycles. The minimum atomic E-state index is -0.921. The van der Waals surface area contributed by atoms with E-state index in [0.29, 0.717) is 13.1 Å². The van der Waals surface area contributed by atoms with Crippen LogP contribution in [0, 0.1) is 11.3 Å². The van der Waals surface area contributed by atoms with E-state index in [0.717, 1.165) is 6.42 Å². The van der Waals surface area contributed by atoms with Gasteiger partial charge in [0, 0.05) is 31.7 Å². The molecule has 1 aliphatic heterocycles. The molecule has 1 aliphatic rings. The Morgan fingerprint density at radius 1 is 1.42 bits per heavy atom. The van der Waals surface area contributed by atoms with Crippen molar-refractivity contribution in [2.45, 2.75) is 39.7 Å². The van der Waals surface area contributed by atoms with Gasteiger partial charge in [-0.25, -0.2) is 4.79 Å². The van der Waals surface area contributed by atoms with Gasteiger partial charge in [-0.05, 0) is 11.8 Å². The normalized spacial score (nSPS) is 21.3. The molecule has 2 amide bonds. The van der Waals surface area contributed by atoms with Gasteiger partial charge < -0.3 is 20.4 Å². The highest BCUT2D eigenvalue weighted by Crippen LogP contribution is 2.23. The standard InChI is InChI=1S/C13H24N2O4/c1-13(2,3)10(6-11(17)18)14-12(19)15-5-4-9(7-15)8-16/h9-10,16H,4-8H2,1-3H3,(H,14,19)(H,17,18). The molecule has 0 aromatic carbocycles. The monoisotopic (exact) mass is 272 g/mol. The quantitative estimate of drug-likeness (QED) is 0.709. The number of nitrogens with one attached hydrogen (secondary N) is 1. The summed E-state index contributed by atoms with van der Waals surface area (Å²) in [5.74, 6) is -0.784. The molecule has 19 heavy (non-hydrogen) atoms. The summed E-state index contributed by atoms with van der Waals surface area (Å²) < 4.78 is 0. The third-order valence-corrected chi connectivity index (χ3v) is 3.55. The van der Waals surface area contributed by atoms with Crippen molar-refractivity contribution in [2.75, 3.05) is 19.7 Å². The summed E-state index contributed by atoms with van der Waals surface area (Å²) in [6, 6.07) is -0.650. The van der Waals surface area contributed by atoms with E-state index in [1.165, 1.54) is 0 Å². The number of carboxylic acid groups (broad SMARTS) is 1. The molecule has 0 radical (unpaired) electrons. The largest absolute Gasteiger partial charge is 0.481 e. The molecule has 0 aliphatic carbocycles. The van der Waals surface area contributed by atoms with Crippen molar-refractivity contribution in [1.29, 1.82) is 0 Å². The van der Waals surface area contributed by atoms with Crippen LogP contribution in [0.15, 0.2) is 0 Å². The average Bonchev–Trinajstić information content (AvgIpc) is 2.74. The van der Waals surface area contributed by atoms with Gasteiger partial charge in [-0.3, -0.25) is 4.79 Å². The van der Waals surface area contributed by atoms with Gasteiger partial charge >= 0.3 is 12.0 Å². The number of amides is 2. The number of rotatable bonds is 4. The summed E-state index contributed by atoms with van der Waals surface area (Å²) in [6.07, 6.45) is 0.704. The molecule has 1 saturated heterocycles. The zero-order chi connectivity index (χ0) is 14.6. The van der Waals surface area contributed by atoms with Crippen molar-refractivity contribution in [3.63, 3.8) is 0 Å². The van der Waals surface area contributed by atoms with Crippen LogP contribution in [-0.4, -0.2) is 52.9 Å². The van der Waals surface area contributed by atoms with E-state index in [1.54, 1.807) is 4.90 Å². The maximum Gasteiger partial charge on any atom is 0.317 e. The number of aliphatic hydroxyl groups is 1. The van der Waals surface area contributed by atoms with Crippen LogP contribution in [0.5, 0.6) is 0 Å². The van der Waals surface area contributed by atoms with E-state index in [4.69, 9.17) is 10.2 Å². The van der Waals surface area contributed by atoms with Crippen LogP contribution in [0.2, 0.25) is 0 Å². The fourth-order valence-electron chi connectivity index (χ4n) is 2.15. The lowest BCUT2D eigenvalue weighted by molar-refractivity contribution is -0.138. The first kappa shape index (κ1) is 15.8. The predicted octanol–water partition coefficient (Wildman–Crippen LogP) is 0.900. The fraction of sp³-hybridized carbons (Fsp3) is 0.846. The molecular formula is C13H24N2O4. The van der Waals surface area contributed by atoms with Crippen LogP contribution in [0.3, 0.4) is 0 Å². The smallest absolute Gasteiger partial charge is 0.317 e. The number of carboxylic acids is 1. The van der Waals surface area contributed by atoms with Gasteiger partial charge in [0.25, 0.3) is 0 Å². The Morgan fingerprint density at radius 3 is 2.47 bits per heavy atom. The van der Waals surface area contributed by atoms with Crippen molar-refractivity contribution in [3.8, 4) is 0 Å². The Balaban J connectivity index is 2.59. The molecule has 0 spiro atoms. The minimum absolute atomic E-state index is 0.0849. The highest BCUT2D eigenvalue weighted by Gasteiger charge is 2.32. The van der Waals surface area contributed by atoms with Gasteiger partial charge in [-0.15, -0.1) is 0 Å². The van der Waals surface area contributed by atoms with Crippen LogP contribution >= 0.6 is 0 Å². The number of hydrogen-bond donors (Lipinski definition) is 3. The molecule has 6 heteroatoms. The van der Waals surface area contributed by atoms with Crippen LogP contribution in [0.25, 0.3) is 0 Å². The molecule has 0 bridgehead atoms. The Labute approximate surface area is 113 Å². The lowest BCUT2D eigenvalue weighted by atomic mass is 9.85. The molecule has 0 aromatic rings. The van der Waals surface area contributed by atoms with Gasteiger partial charge in [0.2, 0.25) is 0 Å². The zero-order valence-corrected chi connectivity index (χ0v) is 11.8. The van der Waals surface area contributed by atoms with Crippen LogP contribution in [0.1, 0.15) is 33.6 Å².